The van der Waals surface area contributed by atoms with Gasteiger partial charge in [-0.05, 0) is 42.1 Å². The molecule has 0 radical (unpaired) electrons. The van der Waals surface area contributed by atoms with Gasteiger partial charge in [0.25, 0.3) is 0 Å². The summed E-state index contributed by atoms with van der Waals surface area (Å²) in [6.45, 7) is 4.77. The van der Waals surface area contributed by atoms with Gasteiger partial charge in [-0.1, -0.05) is 37.4 Å². The maximum Gasteiger partial charge on any atom is 0.248 e. The molecule has 1 amide bonds. The van der Waals surface area contributed by atoms with Gasteiger partial charge in [0.05, 0.1) is 36.4 Å². The summed E-state index contributed by atoms with van der Waals surface area (Å²) in [6.07, 6.45) is 6.22. The minimum atomic E-state index is -3.14. The largest absolute Gasteiger partial charge is 0.490 e. The maximum absolute atomic E-state index is 12.8. The second-order valence-corrected chi connectivity index (χ2v) is 13.0. The van der Waals surface area contributed by atoms with Crippen molar-refractivity contribution in [3.8, 4) is 11.5 Å². The SMILES string of the molecule is CCOc1cc(Br)c(N2C(=NC(=O)CCC3CCCC3)S[C@H]3CS(=O)(=O)C[C@H]32)cc1OCC. The Hall–Kier alpha value is -1.26. The summed E-state index contributed by atoms with van der Waals surface area (Å²) in [4.78, 5) is 19.2. The zero-order chi connectivity index (χ0) is 23.6. The fourth-order valence-electron chi connectivity index (χ4n) is 4.88. The number of amides is 1. The number of thioether (sulfide) groups is 1. The van der Waals surface area contributed by atoms with E-state index >= 15 is 0 Å². The number of benzene rings is 1. The number of fused-ring (bicyclic) bond motifs is 1. The van der Waals surface area contributed by atoms with E-state index in [1.807, 2.05) is 30.9 Å². The predicted molar refractivity (Wildman–Crippen MR) is 136 cm³/mol. The van der Waals surface area contributed by atoms with Crippen LogP contribution in [0.2, 0.25) is 0 Å². The van der Waals surface area contributed by atoms with E-state index in [0.29, 0.717) is 42.2 Å². The lowest BCUT2D eigenvalue weighted by Gasteiger charge is -2.27. The Balaban J connectivity index is 1.65. The van der Waals surface area contributed by atoms with Gasteiger partial charge in [0.1, 0.15) is 0 Å². The first-order valence-electron chi connectivity index (χ1n) is 11.7. The molecule has 1 saturated carbocycles. The third-order valence-corrected chi connectivity index (χ3v) is 10.2. The minimum absolute atomic E-state index is 0.0452. The van der Waals surface area contributed by atoms with E-state index in [1.165, 1.54) is 37.4 Å². The summed E-state index contributed by atoms with van der Waals surface area (Å²) in [6, 6.07) is 3.42. The molecular weight excluding hydrogens is 528 g/mol. The molecule has 2 saturated heterocycles. The average Bonchev–Trinajstić information content (AvgIpc) is 3.44. The number of aliphatic imine (C=N–C) groups is 1. The quantitative estimate of drug-likeness (QED) is 0.452. The number of ether oxygens (including phenoxy) is 2. The van der Waals surface area contributed by atoms with Gasteiger partial charge in [-0.15, -0.1) is 0 Å². The maximum atomic E-state index is 12.8. The van der Waals surface area contributed by atoms with Gasteiger partial charge in [-0.3, -0.25) is 4.79 Å². The first kappa shape index (κ1) is 24.9. The zero-order valence-corrected chi connectivity index (χ0v) is 22.3. The molecule has 2 aliphatic heterocycles. The summed E-state index contributed by atoms with van der Waals surface area (Å²) in [7, 11) is -3.14. The molecular formula is C23H31BrN2O5S2. The molecule has 10 heteroatoms. The second kappa shape index (κ2) is 10.6. The third kappa shape index (κ3) is 5.70. The van der Waals surface area contributed by atoms with Crippen molar-refractivity contribution in [1.82, 2.24) is 0 Å². The van der Waals surface area contributed by atoms with Crippen LogP contribution in [0.5, 0.6) is 11.5 Å². The highest BCUT2D eigenvalue weighted by atomic mass is 79.9. The monoisotopic (exact) mass is 558 g/mol. The first-order valence-corrected chi connectivity index (χ1v) is 15.2. The summed E-state index contributed by atoms with van der Waals surface area (Å²) in [5.74, 6) is 1.83. The van der Waals surface area contributed by atoms with Crippen molar-refractivity contribution in [2.45, 2.75) is 63.7 Å². The van der Waals surface area contributed by atoms with Crippen LogP contribution in [0, 0.1) is 5.92 Å². The number of hydrogen-bond donors (Lipinski definition) is 0. The van der Waals surface area contributed by atoms with E-state index in [2.05, 4.69) is 20.9 Å². The van der Waals surface area contributed by atoms with Crippen LogP contribution in [0.25, 0.3) is 0 Å². The molecule has 33 heavy (non-hydrogen) atoms. The molecule has 182 valence electrons. The Labute approximate surface area is 208 Å². The van der Waals surface area contributed by atoms with Gasteiger partial charge in [0, 0.05) is 28.3 Å². The topological polar surface area (TPSA) is 85.3 Å². The normalized spacial score (nSPS) is 25.5. The molecule has 1 aromatic rings. The van der Waals surface area contributed by atoms with E-state index < -0.39 is 9.84 Å². The Kier molecular flexibility index (Phi) is 7.95. The lowest BCUT2D eigenvalue weighted by Crippen LogP contribution is -2.38. The fraction of sp³-hybridized carbons (Fsp3) is 0.652. The van der Waals surface area contributed by atoms with E-state index in [0.717, 1.165) is 16.6 Å². The second-order valence-electron chi connectivity index (χ2n) is 8.76. The summed E-state index contributed by atoms with van der Waals surface area (Å²) in [5, 5.41) is 0.425. The Morgan fingerprint density at radius 3 is 2.48 bits per heavy atom. The molecule has 7 nitrogen and oxygen atoms in total. The molecule has 2 atom stereocenters. The zero-order valence-electron chi connectivity index (χ0n) is 19.1. The number of rotatable bonds is 8. The highest BCUT2D eigenvalue weighted by Crippen LogP contribution is 2.46. The molecule has 0 bridgehead atoms. The Morgan fingerprint density at radius 1 is 1.15 bits per heavy atom. The highest BCUT2D eigenvalue weighted by Gasteiger charge is 2.50. The highest BCUT2D eigenvalue weighted by molar-refractivity contribution is 9.10. The van der Waals surface area contributed by atoms with E-state index in [9.17, 15) is 13.2 Å². The van der Waals surface area contributed by atoms with Gasteiger partial charge >= 0.3 is 0 Å². The van der Waals surface area contributed by atoms with Crippen LogP contribution in [0.4, 0.5) is 5.69 Å². The van der Waals surface area contributed by atoms with Crippen LogP contribution in [0.1, 0.15) is 52.4 Å². The van der Waals surface area contributed by atoms with Crippen molar-refractivity contribution in [1.29, 1.82) is 0 Å². The average molecular weight is 560 g/mol. The van der Waals surface area contributed by atoms with Crippen LogP contribution in [0.3, 0.4) is 0 Å². The fourth-order valence-corrected chi connectivity index (χ4v) is 9.32. The number of anilines is 1. The molecule has 3 fully saturated rings. The van der Waals surface area contributed by atoms with E-state index in [-0.39, 0.29) is 28.7 Å². The first-order chi connectivity index (χ1) is 15.8. The molecule has 2 heterocycles. The van der Waals surface area contributed by atoms with Crippen molar-refractivity contribution < 1.29 is 22.7 Å². The van der Waals surface area contributed by atoms with Crippen molar-refractivity contribution in [3.63, 3.8) is 0 Å². The predicted octanol–water partition coefficient (Wildman–Crippen LogP) is 4.82. The summed E-state index contributed by atoms with van der Waals surface area (Å²) < 4.78 is 37.0. The van der Waals surface area contributed by atoms with E-state index in [1.54, 1.807) is 0 Å². The summed E-state index contributed by atoms with van der Waals surface area (Å²) in [5.41, 5.74) is 0.737. The number of hydrogen-bond acceptors (Lipinski definition) is 6. The minimum Gasteiger partial charge on any atom is -0.490 e. The third-order valence-electron chi connectivity index (χ3n) is 6.40. The number of halogens is 1. The van der Waals surface area contributed by atoms with Crippen LogP contribution < -0.4 is 14.4 Å². The number of nitrogens with zero attached hydrogens (tertiary/aromatic N) is 2. The van der Waals surface area contributed by atoms with Crippen LogP contribution in [-0.4, -0.2) is 55.5 Å². The van der Waals surface area contributed by atoms with E-state index in [4.69, 9.17) is 9.47 Å². The number of amidine groups is 1. The molecule has 0 aromatic heterocycles. The van der Waals surface area contributed by atoms with Gasteiger partial charge < -0.3 is 14.4 Å². The van der Waals surface area contributed by atoms with Gasteiger partial charge in [0.2, 0.25) is 5.91 Å². The molecule has 1 aromatic carbocycles. The van der Waals surface area contributed by atoms with Crippen molar-refractivity contribution in [2.24, 2.45) is 10.9 Å². The number of carbonyl (C=O) groups excluding carboxylic acids is 1. The lowest BCUT2D eigenvalue weighted by molar-refractivity contribution is -0.118. The van der Waals surface area contributed by atoms with Crippen molar-refractivity contribution in [2.75, 3.05) is 29.6 Å². The van der Waals surface area contributed by atoms with Crippen molar-refractivity contribution in [3.05, 3.63) is 16.6 Å². The van der Waals surface area contributed by atoms with Crippen molar-refractivity contribution >= 4 is 54.3 Å². The molecule has 0 unspecified atom stereocenters. The van der Waals surface area contributed by atoms with Gasteiger partial charge in [-0.2, -0.15) is 4.99 Å². The number of carbonyl (C=O) groups is 1. The van der Waals surface area contributed by atoms with Gasteiger partial charge in [0.15, 0.2) is 26.5 Å². The molecule has 0 N–H and O–H groups in total. The lowest BCUT2D eigenvalue weighted by atomic mass is 10.0. The molecule has 0 spiro atoms. The Bertz CT molecular complexity index is 1020. The number of sulfone groups is 1. The van der Waals surface area contributed by atoms with Crippen LogP contribution >= 0.6 is 27.7 Å². The van der Waals surface area contributed by atoms with Crippen LogP contribution in [-0.2, 0) is 14.6 Å². The Morgan fingerprint density at radius 2 is 1.82 bits per heavy atom. The van der Waals surface area contributed by atoms with Crippen LogP contribution in [0.15, 0.2) is 21.6 Å². The molecule has 4 rings (SSSR count). The van der Waals surface area contributed by atoms with Gasteiger partial charge in [-0.25, -0.2) is 8.42 Å². The molecule has 3 aliphatic rings. The molecule has 1 aliphatic carbocycles. The smallest absolute Gasteiger partial charge is 0.248 e. The standard InChI is InChI=1S/C23H31BrN2O5S2/c1-3-30-19-11-16(24)17(12-20(19)31-4-2)26-18-13-33(28,29)14-21(18)32-23(26)25-22(27)10-9-15-7-5-6-8-15/h11-12,15,18,21H,3-10,13-14H2,1-2H3/t18-,21+/m1/s1. The summed E-state index contributed by atoms with van der Waals surface area (Å²) >= 11 is 5.03.